The van der Waals surface area contributed by atoms with Gasteiger partial charge in [0.25, 0.3) is 0 Å². The highest BCUT2D eigenvalue weighted by Crippen LogP contribution is 2.54. The quantitative estimate of drug-likeness (QED) is 0.465. The molecule has 1 fully saturated rings. The molecule has 1 rings (SSSR count). The Morgan fingerprint density at radius 3 is 2.83 bits per heavy atom. The Morgan fingerprint density at radius 1 is 1.67 bits per heavy atom. The Labute approximate surface area is 71.8 Å². The summed E-state index contributed by atoms with van der Waals surface area (Å²) >= 11 is 0. The summed E-state index contributed by atoms with van der Waals surface area (Å²) in [6, 6.07) is 0. The molecule has 1 aliphatic heterocycles. The maximum absolute atomic E-state index is 11.4. The van der Waals surface area contributed by atoms with Crippen molar-refractivity contribution in [3.63, 3.8) is 0 Å². The Hall–Kier alpha value is -0.330. The van der Waals surface area contributed by atoms with Crippen molar-refractivity contribution in [1.29, 1.82) is 0 Å². The minimum absolute atomic E-state index is 0.189. The second-order valence-corrected chi connectivity index (χ2v) is 4.22. The lowest BCUT2D eigenvalue weighted by atomic mass is 10.2. The van der Waals surface area contributed by atoms with E-state index in [9.17, 15) is 4.57 Å². The van der Waals surface area contributed by atoms with Crippen LogP contribution in [-0.4, -0.2) is 19.3 Å². The first-order chi connectivity index (χ1) is 5.59. The lowest BCUT2D eigenvalue weighted by Gasteiger charge is -2.29. The van der Waals surface area contributed by atoms with Gasteiger partial charge in [0.05, 0.1) is 6.10 Å². The molecule has 0 aromatic carbocycles. The molecule has 3 atom stereocenters. The summed E-state index contributed by atoms with van der Waals surface area (Å²) in [5.74, 6) is 2.37. The van der Waals surface area contributed by atoms with E-state index in [4.69, 9.17) is 15.5 Å². The van der Waals surface area contributed by atoms with Crippen molar-refractivity contribution >= 4 is 7.82 Å². The van der Waals surface area contributed by atoms with Gasteiger partial charge in [0, 0.05) is 13.5 Å². The van der Waals surface area contributed by atoms with Crippen LogP contribution in [0.4, 0.5) is 0 Å². The van der Waals surface area contributed by atoms with Crippen LogP contribution in [0, 0.1) is 12.3 Å². The molecule has 0 radical (unpaired) electrons. The first kappa shape index (κ1) is 9.76. The molecule has 12 heavy (non-hydrogen) atoms. The molecular weight excluding hydrogens is 179 g/mol. The second kappa shape index (κ2) is 3.59. The molecule has 0 saturated carbocycles. The number of terminal acetylenes is 1. The number of hydrogen-bond donors (Lipinski definition) is 0. The number of phosphoric ester groups is 1. The molecule has 68 valence electrons. The zero-order valence-corrected chi connectivity index (χ0v) is 7.91. The molecule has 1 saturated heterocycles. The van der Waals surface area contributed by atoms with E-state index in [2.05, 4.69) is 10.4 Å². The molecule has 1 heterocycles. The Balaban J connectivity index is 2.71. The van der Waals surface area contributed by atoms with Gasteiger partial charge in [0.2, 0.25) is 0 Å². The fraction of sp³-hybridized carbons (Fsp3) is 0.714. The van der Waals surface area contributed by atoms with Crippen molar-refractivity contribution in [3.05, 3.63) is 0 Å². The largest absolute Gasteiger partial charge is 0.475 e. The van der Waals surface area contributed by atoms with Crippen LogP contribution in [0.1, 0.15) is 13.3 Å². The second-order valence-electron chi connectivity index (χ2n) is 2.54. The van der Waals surface area contributed by atoms with Gasteiger partial charge in [-0.1, -0.05) is 5.92 Å². The monoisotopic (exact) mass is 190 g/mol. The number of rotatable bonds is 1. The minimum atomic E-state index is -3.37. The van der Waals surface area contributed by atoms with E-state index in [-0.39, 0.29) is 6.10 Å². The van der Waals surface area contributed by atoms with Crippen molar-refractivity contribution in [1.82, 2.24) is 0 Å². The van der Waals surface area contributed by atoms with E-state index in [0.717, 1.165) is 0 Å². The summed E-state index contributed by atoms with van der Waals surface area (Å²) in [4.78, 5) is 0. The van der Waals surface area contributed by atoms with Gasteiger partial charge >= 0.3 is 7.82 Å². The average Bonchev–Trinajstić information content (AvgIpc) is 2.03. The smallest absolute Gasteiger partial charge is 0.290 e. The summed E-state index contributed by atoms with van der Waals surface area (Å²) in [5, 5.41) is 0. The van der Waals surface area contributed by atoms with Crippen molar-refractivity contribution < 1.29 is 18.1 Å². The summed E-state index contributed by atoms with van der Waals surface area (Å²) < 4.78 is 25.9. The molecule has 4 nitrogen and oxygen atoms in total. The Kier molecular flexibility index (Phi) is 2.92. The van der Waals surface area contributed by atoms with Crippen LogP contribution in [0.5, 0.6) is 0 Å². The van der Waals surface area contributed by atoms with E-state index < -0.39 is 13.9 Å². The highest BCUT2D eigenvalue weighted by Gasteiger charge is 2.37. The topological polar surface area (TPSA) is 44.8 Å². The zero-order valence-electron chi connectivity index (χ0n) is 7.02. The highest BCUT2D eigenvalue weighted by atomic mass is 31.2. The first-order valence-corrected chi connectivity index (χ1v) is 5.04. The normalized spacial score (nSPS) is 42.1. The fourth-order valence-electron chi connectivity index (χ4n) is 0.973. The van der Waals surface area contributed by atoms with Crippen molar-refractivity contribution in [2.24, 2.45) is 0 Å². The third kappa shape index (κ3) is 2.09. The highest BCUT2D eigenvalue weighted by molar-refractivity contribution is 7.48. The van der Waals surface area contributed by atoms with Crippen molar-refractivity contribution in [2.45, 2.75) is 25.6 Å². The molecule has 0 aromatic rings. The van der Waals surface area contributed by atoms with Gasteiger partial charge in [0.15, 0.2) is 0 Å². The standard InChI is InChI=1S/C7H11O4P/c1-4-7-5-6(2)10-12(8,9-3)11-7/h1,6-7H,5H2,2-3H3. The molecule has 5 heteroatoms. The van der Waals surface area contributed by atoms with E-state index >= 15 is 0 Å². The Bertz CT molecular complexity index is 244. The van der Waals surface area contributed by atoms with Gasteiger partial charge in [-0.2, -0.15) is 0 Å². The van der Waals surface area contributed by atoms with Crippen LogP contribution in [-0.2, 0) is 18.1 Å². The van der Waals surface area contributed by atoms with Crippen LogP contribution >= 0.6 is 7.82 Å². The third-order valence-electron chi connectivity index (χ3n) is 1.52. The summed E-state index contributed by atoms with van der Waals surface area (Å²) in [7, 11) is -2.10. The predicted octanol–water partition coefficient (Wildman–Crippen LogP) is 1.57. The van der Waals surface area contributed by atoms with Crippen LogP contribution in [0.15, 0.2) is 0 Å². The van der Waals surface area contributed by atoms with E-state index in [0.29, 0.717) is 6.42 Å². The van der Waals surface area contributed by atoms with Gasteiger partial charge < -0.3 is 0 Å². The summed E-state index contributed by atoms with van der Waals surface area (Å²) in [5.41, 5.74) is 0. The first-order valence-electron chi connectivity index (χ1n) is 3.58. The molecule has 0 amide bonds. The van der Waals surface area contributed by atoms with E-state index in [1.807, 2.05) is 0 Å². The van der Waals surface area contributed by atoms with Gasteiger partial charge in [-0.15, -0.1) is 6.42 Å². The maximum atomic E-state index is 11.4. The zero-order chi connectivity index (χ0) is 9.19. The van der Waals surface area contributed by atoms with Gasteiger partial charge in [0.1, 0.15) is 6.10 Å². The summed E-state index contributed by atoms with van der Waals surface area (Å²) in [6.45, 7) is 1.78. The maximum Gasteiger partial charge on any atom is 0.475 e. The van der Waals surface area contributed by atoms with Gasteiger partial charge in [-0.05, 0) is 6.92 Å². The molecule has 0 bridgehead atoms. The fourth-order valence-corrected chi connectivity index (χ4v) is 2.18. The molecule has 0 aliphatic carbocycles. The molecule has 0 N–H and O–H groups in total. The molecule has 3 unspecified atom stereocenters. The summed E-state index contributed by atoms with van der Waals surface area (Å²) in [6.07, 6.45) is 5.02. The lowest BCUT2D eigenvalue weighted by Crippen LogP contribution is -2.25. The third-order valence-corrected chi connectivity index (χ3v) is 3.10. The number of hydrogen-bond acceptors (Lipinski definition) is 4. The molecular formula is C7H11O4P. The Morgan fingerprint density at radius 2 is 2.33 bits per heavy atom. The van der Waals surface area contributed by atoms with Gasteiger partial charge in [-0.3, -0.25) is 13.6 Å². The number of phosphoric acid groups is 1. The molecule has 0 aromatic heterocycles. The van der Waals surface area contributed by atoms with Crippen molar-refractivity contribution in [3.8, 4) is 12.3 Å². The van der Waals surface area contributed by atoms with E-state index in [1.165, 1.54) is 7.11 Å². The molecule has 0 spiro atoms. The van der Waals surface area contributed by atoms with E-state index in [1.54, 1.807) is 6.92 Å². The van der Waals surface area contributed by atoms with Gasteiger partial charge in [-0.25, -0.2) is 4.57 Å². The predicted molar refractivity (Wildman–Crippen MR) is 43.5 cm³/mol. The van der Waals surface area contributed by atoms with Crippen LogP contribution in [0.25, 0.3) is 0 Å². The lowest BCUT2D eigenvalue weighted by molar-refractivity contribution is 0.0238. The molecule has 1 aliphatic rings. The van der Waals surface area contributed by atoms with Crippen molar-refractivity contribution in [2.75, 3.05) is 7.11 Å². The minimum Gasteiger partial charge on any atom is -0.290 e. The van der Waals surface area contributed by atoms with Crippen LogP contribution in [0.3, 0.4) is 0 Å². The average molecular weight is 190 g/mol. The van der Waals surface area contributed by atoms with Crippen LogP contribution in [0.2, 0.25) is 0 Å². The SMILES string of the molecule is C#CC1CC(C)OP(=O)(OC)O1. The van der Waals surface area contributed by atoms with Crippen LogP contribution < -0.4 is 0 Å².